The molecule has 0 aliphatic rings. The van der Waals surface area contributed by atoms with Crippen LogP contribution in [0.4, 0.5) is 18.9 Å². The van der Waals surface area contributed by atoms with Crippen molar-refractivity contribution in [3.63, 3.8) is 0 Å². The highest BCUT2D eigenvalue weighted by Gasteiger charge is 2.31. The molecule has 1 heterocycles. The molecule has 0 aliphatic carbocycles. The summed E-state index contributed by atoms with van der Waals surface area (Å²) in [6.07, 6.45) is -4.59. The number of fused-ring (bicyclic) bond motifs is 1. The molecule has 0 saturated heterocycles. The predicted molar refractivity (Wildman–Crippen MR) is 110 cm³/mol. The zero-order valence-corrected chi connectivity index (χ0v) is 17.2. The van der Waals surface area contributed by atoms with Crippen LogP contribution in [0.15, 0.2) is 51.7 Å². The molecule has 3 aromatic rings. The SMILES string of the molecule is COCCOc1ccc(C(F)(F)F)cc1NC(=O)COc1ccc2c(C)cc(=O)oc2c1. The number of ether oxygens (including phenoxy) is 3. The molecule has 0 fully saturated rings. The number of nitrogens with one attached hydrogen (secondary N) is 1. The number of carbonyl (C=O) groups excluding carboxylic acids is 1. The van der Waals surface area contributed by atoms with Crippen LogP contribution in [-0.4, -0.2) is 32.8 Å². The van der Waals surface area contributed by atoms with Gasteiger partial charge in [0.2, 0.25) is 0 Å². The molecule has 1 amide bonds. The molecular formula is C22H20F3NO6. The fourth-order valence-corrected chi connectivity index (χ4v) is 2.90. The van der Waals surface area contributed by atoms with Crippen molar-refractivity contribution in [2.45, 2.75) is 13.1 Å². The quantitative estimate of drug-likeness (QED) is 0.409. The summed E-state index contributed by atoms with van der Waals surface area (Å²) in [5.41, 5.74) is -0.585. The minimum absolute atomic E-state index is 0.0614. The van der Waals surface area contributed by atoms with E-state index in [0.29, 0.717) is 11.0 Å². The molecule has 3 rings (SSSR count). The molecule has 0 bridgehead atoms. The number of anilines is 1. The lowest BCUT2D eigenvalue weighted by Crippen LogP contribution is -2.21. The maximum atomic E-state index is 13.1. The van der Waals surface area contributed by atoms with Crippen LogP contribution in [-0.2, 0) is 15.7 Å². The molecule has 1 aromatic heterocycles. The predicted octanol–water partition coefficient (Wildman–Crippen LogP) is 4.16. The summed E-state index contributed by atoms with van der Waals surface area (Å²) in [4.78, 5) is 23.9. The lowest BCUT2D eigenvalue weighted by atomic mass is 10.1. The molecule has 1 N–H and O–H groups in total. The lowest BCUT2D eigenvalue weighted by molar-refractivity contribution is -0.137. The van der Waals surface area contributed by atoms with Gasteiger partial charge in [0.15, 0.2) is 6.61 Å². The summed E-state index contributed by atoms with van der Waals surface area (Å²) in [6, 6.07) is 8.86. The summed E-state index contributed by atoms with van der Waals surface area (Å²) in [5, 5.41) is 3.08. The molecule has 0 unspecified atom stereocenters. The van der Waals surface area contributed by atoms with E-state index in [0.717, 1.165) is 23.8 Å². The van der Waals surface area contributed by atoms with Crippen LogP contribution in [0.3, 0.4) is 0 Å². The minimum Gasteiger partial charge on any atom is -0.489 e. The van der Waals surface area contributed by atoms with Crippen molar-refractivity contribution in [2.24, 2.45) is 0 Å². The van der Waals surface area contributed by atoms with Crippen molar-refractivity contribution < 1.29 is 36.6 Å². The fraction of sp³-hybridized carbons (Fsp3) is 0.273. The number of hydrogen-bond donors (Lipinski definition) is 1. The summed E-state index contributed by atoms with van der Waals surface area (Å²) < 4.78 is 60.0. The van der Waals surface area contributed by atoms with Crippen molar-refractivity contribution in [1.82, 2.24) is 0 Å². The Hall–Kier alpha value is -3.53. The zero-order chi connectivity index (χ0) is 23.3. The van der Waals surface area contributed by atoms with Crippen molar-refractivity contribution in [2.75, 3.05) is 32.2 Å². The van der Waals surface area contributed by atoms with E-state index in [1.54, 1.807) is 19.1 Å². The van der Waals surface area contributed by atoms with E-state index >= 15 is 0 Å². The van der Waals surface area contributed by atoms with Gasteiger partial charge in [-0.25, -0.2) is 4.79 Å². The third kappa shape index (κ3) is 5.79. The van der Waals surface area contributed by atoms with Crippen LogP contribution in [0.2, 0.25) is 0 Å². The maximum absolute atomic E-state index is 13.1. The minimum atomic E-state index is -4.59. The molecule has 0 aliphatic heterocycles. The number of carbonyl (C=O) groups is 1. The number of benzene rings is 2. The van der Waals surface area contributed by atoms with Gasteiger partial charge < -0.3 is 23.9 Å². The second-order valence-corrected chi connectivity index (χ2v) is 6.79. The molecule has 2 aromatic carbocycles. The Morgan fingerprint density at radius 1 is 1.06 bits per heavy atom. The van der Waals surface area contributed by atoms with Crippen LogP contribution < -0.4 is 20.4 Å². The number of alkyl halides is 3. The van der Waals surface area contributed by atoms with Gasteiger partial charge in [0, 0.05) is 24.6 Å². The van der Waals surface area contributed by atoms with Gasteiger partial charge in [-0.3, -0.25) is 4.79 Å². The average molecular weight is 451 g/mol. The highest BCUT2D eigenvalue weighted by atomic mass is 19.4. The zero-order valence-electron chi connectivity index (χ0n) is 17.2. The lowest BCUT2D eigenvalue weighted by Gasteiger charge is -2.15. The summed E-state index contributed by atoms with van der Waals surface area (Å²) in [5.74, 6) is -0.389. The number of aryl methyl sites for hydroxylation is 1. The van der Waals surface area contributed by atoms with Crippen LogP contribution in [0.5, 0.6) is 11.5 Å². The van der Waals surface area contributed by atoms with E-state index in [2.05, 4.69) is 5.32 Å². The molecule has 0 atom stereocenters. The molecule has 10 heteroatoms. The molecule has 7 nitrogen and oxygen atoms in total. The Kier molecular flexibility index (Phi) is 7.04. The number of amides is 1. The number of rotatable bonds is 8. The van der Waals surface area contributed by atoms with Gasteiger partial charge in [-0.2, -0.15) is 13.2 Å². The Morgan fingerprint density at radius 2 is 1.84 bits per heavy atom. The first kappa shape index (κ1) is 23.1. The first-order valence-corrected chi connectivity index (χ1v) is 9.47. The van der Waals surface area contributed by atoms with Crippen molar-refractivity contribution in [3.05, 3.63) is 64.0 Å². The Morgan fingerprint density at radius 3 is 2.56 bits per heavy atom. The standard InChI is InChI=1S/C22H20F3NO6/c1-13-9-21(28)32-19-11-15(4-5-16(13)19)31-12-20(27)26-17-10-14(22(23,24)25)3-6-18(17)30-8-7-29-2/h3-6,9-11H,7-8,12H2,1-2H3,(H,26,27). The Labute approximate surface area is 180 Å². The summed E-state index contributed by atoms with van der Waals surface area (Å²) in [6.45, 7) is 1.57. The third-order valence-electron chi connectivity index (χ3n) is 4.42. The highest BCUT2D eigenvalue weighted by molar-refractivity contribution is 5.93. The number of halogens is 3. The first-order valence-electron chi connectivity index (χ1n) is 9.47. The second-order valence-electron chi connectivity index (χ2n) is 6.79. The molecule has 0 spiro atoms. The fourth-order valence-electron chi connectivity index (χ4n) is 2.90. The van der Waals surface area contributed by atoms with Crippen LogP contribution in [0, 0.1) is 6.92 Å². The van der Waals surface area contributed by atoms with Gasteiger partial charge >= 0.3 is 11.8 Å². The maximum Gasteiger partial charge on any atom is 0.416 e. The molecule has 170 valence electrons. The van der Waals surface area contributed by atoms with Crippen molar-refractivity contribution in [3.8, 4) is 11.5 Å². The van der Waals surface area contributed by atoms with Crippen molar-refractivity contribution >= 4 is 22.6 Å². The molecular weight excluding hydrogens is 431 g/mol. The van der Waals surface area contributed by atoms with Crippen LogP contribution in [0.25, 0.3) is 11.0 Å². The van der Waals surface area contributed by atoms with E-state index < -0.39 is 29.9 Å². The Bertz CT molecular complexity index is 1170. The van der Waals surface area contributed by atoms with Gasteiger partial charge in [0.1, 0.15) is 23.7 Å². The second kappa shape index (κ2) is 9.73. The van der Waals surface area contributed by atoms with Gasteiger partial charge in [0.25, 0.3) is 5.91 Å². The average Bonchev–Trinajstić information content (AvgIpc) is 2.72. The van der Waals surface area contributed by atoms with E-state index in [1.165, 1.54) is 19.2 Å². The summed E-state index contributed by atoms with van der Waals surface area (Å²) >= 11 is 0. The van der Waals surface area contributed by atoms with E-state index in [9.17, 15) is 22.8 Å². The van der Waals surface area contributed by atoms with Gasteiger partial charge in [0.05, 0.1) is 17.9 Å². The molecule has 32 heavy (non-hydrogen) atoms. The largest absolute Gasteiger partial charge is 0.489 e. The molecule has 0 saturated carbocycles. The molecule has 0 radical (unpaired) electrons. The summed E-state index contributed by atoms with van der Waals surface area (Å²) in [7, 11) is 1.45. The van der Waals surface area contributed by atoms with Gasteiger partial charge in [-0.05, 0) is 42.8 Å². The van der Waals surface area contributed by atoms with E-state index in [4.69, 9.17) is 18.6 Å². The first-order chi connectivity index (χ1) is 15.2. The number of methoxy groups -OCH3 is 1. The van der Waals surface area contributed by atoms with Gasteiger partial charge in [-0.1, -0.05) is 0 Å². The third-order valence-corrected chi connectivity index (χ3v) is 4.42. The van der Waals surface area contributed by atoms with Crippen LogP contribution >= 0.6 is 0 Å². The van der Waals surface area contributed by atoms with E-state index in [-0.39, 0.29) is 30.4 Å². The smallest absolute Gasteiger partial charge is 0.416 e. The van der Waals surface area contributed by atoms with E-state index in [1.807, 2.05) is 0 Å². The normalized spacial score (nSPS) is 11.4. The highest BCUT2D eigenvalue weighted by Crippen LogP contribution is 2.35. The van der Waals surface area contributed by atoms with Crippen molar-refractivity contribution in [1.29, 1.82) is 0 Å². The Balaban J connectivity index is 1.73. The van der Waals surface area contributed by atoms with Gasteiger partial charge in [-0.15, -0.1) is 0 Å². The topological polar surface area (TPSA) is 87.0 Å². The number of hydrogen-bond acceptors (Lipinski definition) is 6. The van der Waals surface area contributed by atoms with Crippen LogP contribution in [0.1, 0.15) is 11.1 Å². The monoisotopic (exact) mass is 451 g/mol.